The molecule has 0 aromatic carbocycles. The first-order valence-electron chi connectivity index (χ1n) is 1.40. The van der Waals surface area contributed by atoms with Crippen LogP contribution in [0.1, 0.15) is 0 Å². The highest BCUT2D eigenvalue weighted by atomic mass is 16.1. The Bertz CT molecular complexity index is 105. The normalized spacial score (nSPS) is 5.17. The number of nitrogens with two attached hydrogens (primary N) is 1. The van der Waals surface area contributed by atoms with Crippen LogP contribution in [0.4, 0.5) is 0 Å². The van der Waals surface area contributed by atoms with Crippen molar-refractivity contribution in [3.8, 4) is 12.5 Å². The Balaban J connectivity index is 3.16. The first kappa shape index (κ1) is 4.97. The Morgan fingerprint density at radius 1 is 1.83 bits per heavy atom. The summed E-state index contributed by atoms with van der Waals surface area (Å²) < 4.78 is 0. The average molecular weight is 82.1 g/mol. The minimum absolute atomic E-state index is 1.14. The Kier molecular flexibility index (Phi) is 3.29. The van der Waals surface area contributed by atoms with Crippen LogP contribution >= 0.6 is 0 Å². The molecule has 0 spiro atoms. The van der Waals surface area contributed by atoms with E-state index in [1.165, 1.54) is 11.3 Å². The van der Waals surface area contributed by atoms with Gasteiger partial charge < -0.3 is 0 Å². The largest absolute Gasteiger partial charge is 0.234 e. The summed E-state index contributed by atoms with van der Waals surface area (Å²) in [6.07, 6.45) is 5.84. The molecule has 0 aliphatic heterocycles. The van der Waals surface area contributed by atoms with Crippen molar-refractivity contribution in [2.75, 3.05) is 0 Å². The van der Waals surface area contributed by atoms with Crippen LogP contribution < -0.4 is 5.32 Å². The fourth-order valence-corrected chi connectivity index (χ4v) is 0.0821. The summed E-state index contributed by atoms with van der Waals surface area (Å²) >= 11 is 0. The van der Waals surface area contributed by atoms with Gasteiger partial charge in [-0.1, -0.05) is 6.42 Å². The molecule has 6 heavy (non-hydrogen) atoms. The zero-order chi connectivity index (χ0) is 4.83. The molecule has 0 aliphatic rings. The molecular weight excluding hydrogens is 78.0 g/mol. The van der Waals surface area contributed by atoms with Crippen molar-refractivity contribution in [3.63, 3.8) is 0 Å². The van der Waals surface area contributed by atoms with Gasteiger partial charge in [-0.3, -0.25) is 0 Å². The Hall–Kier alpha value is -1.03. The molecule has 0 aliphatic carbocycles. The quantitative estimate of drug-likeness (QED) is 0.302. The monoisotopic (exact) mass is 82.0 g/mol. The SMILES string of the molecule is C#C[NH2+]C=C=O. The van der Waals surface area contributed by atoms with Crippen LogP contribution in [-0.2, 0) is 4.79 Å². The van der Waals surface area contributed by atoms with Crippen molar-refractivity contribution < 1.29 is 10.1 Å². The lowest BCUT2D eigenvalue weighted by Gasteiger charge is -1.59. The number of rotatable bonds is 1. The van der Waals surface area contributed by atoms with Crippen molar-refractivity contribution in [2.24, 2.45) is 0 Å². The summed E-state index contributed by atoms with van der Waals surface area (Å²) in [6, 6.07) is 2.13. The third-order valence-corrected chi connectivity index (χ3v) is 0.248. The Morgan fingerprint density at radius 3 is 2.67 bits per heavy atom. The maximum atomic E-state index is 9.26. The summed E-state index contributed by atoms with van der Waals surface area (Å²) in [4.78, 5) is 9.26. The van der Waals surface area contributed by atoms with Gasteiger partial charge in [0.25, 0.3) is 0 Å². The summed E-state index contributed by atoms with van der Waals surface area (Å²) in [7, 11) is 0. The van der Waals surface area contributed by atoms with E-state index in [0.717, 1.165) is 6.20 Å². The van der Waals surface area contributed by atoms with Gasteiger partial charge in [0.1, 0.15) is 6.04 Å². The van der Waals surface area contributed by atoms with Crippen molar-refractivity contribution >= 4 is 5.94 Å². The molecule has 0 aromatic heterocycles. The van der Waals surface area contributed by atoms with Crippen molar-refractivity contribution in [1.82, 2.24) is 0 Å². The number of hydrogen-bond acceptors (Lipinski definition) is 1. The molecule has 0 heterocycles. The smallest absolute Gasteiger partial charge is 0.190 e. The molecule has 0 fully saturated rings. The molecule has 0 amide bonds. The highest BCUT2D eigenvalue weighted by Crippen LogP contribution is 1.15. The fraction of sp³-hybridized carbons (Fsp3) is 0. The van der Waals surface area contributed by atoms with Crippen LogP contribution in [0, 0.1) is 12.5 Å². The third-order valence-electron chi connectivity index (χ3n) is 0.248. The third kappa shape index (κ3) is 2.97. The zero-order valence-electron chi connectivity index (χ0n) is 3.14. The van der Waals surface area contributed by atoms with Crippen LogP contribution in [0.25, 0.3) is 0 Å². The molecule has 0 rings (SSSR count). The van der Waals surface area contributed by atoms with Crippen molar-refractivity contribution in [1.29, 1.82) is 0 Å². The highest BCUT2D eigenvalue weighted by molar-refractivity contribution is 5.41. The molecule has 0 saturated carbocycles. The first-order chi connectivity index (χ1) is 2.91. The van der Waals surface area contributed by atoms with Crippen molar-refractivity contribution in [2.45, 2.75) is 0 Å². The van der Waals surface area contributed by atoms with Gasteiger partial charge in [0.2, 0.25) is 0 Å². The second-order valence-electron chi connectivity index (χ2n) is 0.618. The second kappa shape index (κ2) is 3.97. The lowest BCUT2D eigenvalue weighted by Crippen LogP contribution is -2.71. The molecule has 0 aromatic rings. The van der Waals surface area contributed by atoms with Crippen LogP contribution in [0.15, 0.2) is 6.20 Å². The van der Waals surface area contributed by atoms with Crippen LogP contribution in [0.2, 0.25) is 0 Å². The number of hydrogen-bond donors (Lipinski definition) is 1. The van der Waals surface area contributed by atoms with Gasteiger partial charge in [-0.2, -0.15) is 0 Å². The lowest BCUT2D eigenvalue weighted by atomic mass is 10.9. The van der Waals surface area contributed by atoms with E-state index in [0.29, 0.717) is 0 Å². The van der Waals surface area contributed by atoms with Crippen LogP contribution in [0.5, 0.6) is 0 Å². The lowest BCUT2D eigenvalue weighted by molar-refractivity contribution is -0.489. The predicted octanol–water partition coefficient (Wildman–Crippen LogP) is -1.51. The first-order valence-corrected chi connectivity index (χ1v) is 1.40. The summed E-state index contributed by atoms with van der Waals surface area (Å²) in [5, 5.41) is 1.28. The molecule has 2 nitrogen and oxygen atoms in total. The molecule has 0 radical (unpaired) electrons. The summed E-state index contributed by atoms with van der Waals surface area (Å²) in [5.74, 6) is 1.50. The summed E-state index contributed by atoms with van der Waals surface area (Å²) in [6.45, 7) is 0. The van der Waals surface area contributed by atoms with Crippen LogP contribution in [0.3, 0.4) is 0 Å². The molecule has 0 atom stereocenters. The van der Waals surface area contributed by atoms with Gasteiger partial charge >= 0.3 is 0 Å². The maximum Gasteiger partial charge on any atom is 0.190 e. The van der Waals surface area contributed by atoms with E-state index in [1.807, 2.05) is 0 Å². The molecular formula is C4H4NO+. The van der Waals surface area contributed by atoms with Crippen molar-refractivity contribution in [3.05, 3.63) is 6.20 Å². The number of terminal acetylenes is 1. The fourth-order valence-electron chi connectivity index (χ4n) is 0.0821. The number of quaternary nitrogens is 1. The van der Waals surface area contributed by atoms with E-state index in [-0.39, 0.29) is 0 Å². The van der Waals surface area contributed by atoms with E-state index in [2.05, 4.69) is 6.04 Å². The van der Waals surface area contributed by atoms with E-state index < -0.39 is 0 Å². The Morgan fingerprint density at radius 2 is 2.50 bits per heavy atom. The molecule has 0 bridgehead atoms. The number of carbonyl (C=O) groups excluding carboxylic acids is 1. The maximum absolute atomic E-state index is 9.26. The molecule has 0 saturated heterocycles. The predicted molar refractivity (Wildman–Crippen MR) is 21.0 cm³/mol. The Labute approximate surface area is 35.9 Å². The van der Waals surface area contributed by atoms with Gasteiger partial charge in [-0.15, -0.1) is 0 Å². The molecule has 30 valence electrons. The van der Waals surface area contributed by atoms with E-state index in [1.54, 1.807) is 0 Å². The van der Waals surface area contributed by atoms with Gasteiger partial charge in [-0.25, -0.2) is 10.1 Å². The minimum atomic E-state index is 1.14. The van der Waals surface area contributed by atoms with Gasteiger partial charge in [0.15, 0.2) is 12.1 Å². The van der Waals surface area contributed by atoms with E-state index in [9.17, 15) is 4.79 Å². The minimum Gasteiger partial charge on any atom is -0.234 e. The van der Waals surface area contributed by atoms with E-state index >= 15 is 0 Å². The average Bonchev–Trinajstić information content (AvgIpc) is 1.61. The van der Waals surface area contributed by atoms with Crippen LogP contribution in [-0.4, -0.2) is 5.94 Å². The molecule has 2 heteroatoms. The summed E-state index contributed by atoms with van der Waals surface area (Å²) in [5.41, 5.74) is 0. The highest BCUT2D eigenvalue weighted by Gasteiger charge is 1.60. The van der Waals surface area contributed by atoms with Gasteiger partial charge in [-0.05, 0) is 0 Å². The standard InChI is InChI=1S/C4H3NO/c1-2-5-3-4-6/h1,3,5H/p+1. The van der Waals surface area contributed by atoms with Gasteiger partial charge in [0, 0.05) is 0 Å². The zero-order valence-corrected chi connectivity index (χ0v) is 3.14. The second-order valence-corrected chi connectivity index (χ2v) is 0.618. The molecule has 0 unspecified atom stereocenters. The topological polar surface area (TPSA) is 33.7 Å². The molecule has 2 N–H and O–H groups in total. The van der Waals surface area contributed by atoms with Gasteiger partial charge in [0.05, 0.1) is 0 Å². The van der Waals surface area contributed by atoms with E-state index in [4.69, 9.17) is 6.42 Å².